The number of nitrogens with one attached hydrogen (secondary N) is 4. The second-order valence-electron chi connectivity index (χ2n) is 12.6. The molecule has 8 nitrogen and oxygen atoms in total. The van der Waals surface area contributed by atoms with Crippen molar-refractivity contribution in [1.82, 2.24) is 20.6 Å². The number of carboxylic acid groups (broad SMARTS) is 1. The molecule has 0 radical (unpaired) electrons. The third kappa shape index (κ3) is 11.6. The average molecular weight is 653 g/mol. The minimum Gasteiger partial charge on any atom is -0.480 e. The summed E-state index contributed by atoms with van der Waals surface area (Å²) in [7, 11) is 0. The number of aromatic amines is 2. The molecule has 8 heteroatoms. The Balaban J connectivity index is 1.26. The minimum absolute atomic E-state index is 0.116. The fraction of sp³-hybridized carbons (Fsp3) is 0.425. The molecule has 2 atom stereocenters. The van der Waals surface area contributed by atoms with Crippen LogP contribution in [0.25, 0.3) is 21.8 Å². The molecule has 0 saturated heterocycles. The van der Waals surface area contributed by atoms with Gasteiger partial charge in [0.2, 0.25) is 11.8 Å². The highest BCUT2D eigenvalue weighted by Crippen LogP contribution is 2.21. The van der Waals surface area contributed by atoms with Gasteiger partial charge in [-0.1, -0.05) is 99.7 Å². The molecule has 4 rings (SSSR count). The fourth-order valence-electron chi connectivity index (χ4n) is 6.09. The van der Waals surface area contributed by atoms with Gasteiger partial charge in [0.25, 0.3) is 0 Å². The lowest BCUT2D eigenvalue weighted by Gasteiger charge is -2.21. The topological polar surface area (TPSA) is 127 Å². The largest absolute Gasteiger partial charge is 0.480 e. The van der Waals surface area contributed by atoms with Gasteiger partial charge in [0.05, 0.1) is 0 Å². The highest BCUT2D eigenvalue weighted by atomic mass is 16.4. The van der Waals surface area contributed by atoms with Crippen LogP contribution in [0.2, 0.25) is 0 Å². The number of rotatable bonds is 22. The Labute approximate surface area is 284 Å². The first kappa shape index (κ1) is 36.2. The van der Waals surface area contributed by atoms with Gasteiger partial charge in [-0.3, -0.25) is 9.59 Å². The Kier molecular flexibility index (Phi) is 15.0. The van der Waals surface area contributed by atoms with E-state index in [2.05, 4.69) is 51.8 Å². The van der Waals surface area contributed by atoms with Crippen LogP contribution in [-0.2, 0) is 27.2 Å². The van der Waals surface area contributed by atoms with Crippen molar-refractivity contribution in [3.05, 3.63) is 96.4 Å². The van der Waals surface area contributed by atoms with E-state index in [1.54, 1.807) is 6.20 Å². The molecular weight excluding hydrogens is 600 g/mol. The van der Waals surface area contributed by atoms with E-state index in [0.29, 0.717) is 6.42 Å². The average Bonchev–Trinajstić information content (AvgIpc) is 3.69. The van der Waals surface area contributed by atoms with Crippen LogP contribution in [0.5, 0.6) is 0 Å². The zero-order chi connectivity index (χ0) is 34.0. The number of unbranched alkanes of at least 4 members (excludes halogenated alkanes) is 8. The third-order valence-corrected chi connectivity index (χ3v) is 8.82. The van der Waals surface area contributed by atoms with Crippen LogP contribution in [0.15, 0.2) is 85.2 Å². The van der Waals surface area contributed by atoms with Crippen LogP contribution in [-0.4, -0.2) is 44.9 Å². The summed E-state index contributed by atoms with van der Waals surface area (Å²) in [6, 6.07) is 13.4. The van der Waals surface area contributed by atoms with Gasteiger partial charge < -0.3 is 25.7 Å². The van der Waals surface area contributed by atoms with E-state index in [0.717, 1.165) is 77.9 Å². The molecular formula is C40H52N4O4. The van der Waals surface area contributed by atoms with Crippen molar-refractivity contribution in [2.75, 3.05) is 0 Å². The van der Waals surface area contributed by atoms with E-state index in [4.69, 9.17) is 0 Å². The summed E-state index contributed by atoms with van der Waals surface area (Å²) in [5.74, 6) is -1.85. The number of carboxylic acids is 1. The Morgan fingerprint density at radius 2 is 1.23 bits per heavy atom. The van der Waals surface area contributed by atoms with E-state index in [9.17, 15) is 19.5 Å². The SMILES string of the molecule is CCCCC/C=C\C/C=C\CCCCCCCC(=O)NC(Cc1c[nH]c2ccccc12)C(=O)NC(Cc1c[nH]c2ccccc12)C(=O)O. The summed E-state index contributed by atoms with van der Waals surface area (Å²) in [6.45, 7) is 2.23. The number of carbonyl (C=O) groups is 3. The Morgan fingerprint density at radius 1 is 0.688 bits per heavy atom. The standard InChI is InChI=1S/C40H52N4O4/c1-2-3-4-5-6-7-8-9-10-11-12-13-14-15-16-25-38(45)43-36(26-30-28-41-34-23-19-17-21-32(30)34)39(46)44-37(40(47)48)27-31-29-42-35-24-20-18-22-33(31)35/h6-7,9-10,17-24,28-29,36-37,41-42H,2-5,8,11-16,25-27H2,1H3,(H,43,45)(H,44,46)(H,47,48)/b7-6-,10-9-. The second kappa shape index (κ2) is 19.9. The lowest BCUT2D eigenvalue weighted by molar-refractivity contribution is -0.142. The molecule has 0 fully saturated rings. The highest BCUT2D eigenvalue weighted by Gasteiger charge is 2.28. The number of allylic oxidation sites excluding steroid dienone is 4. The van der Waals surface area contributed by atoms with Crippen LogP contribution in [0.3, 0.4) is 0 Å². The van der Waals surface area contributed by atoms with Crippen LogP contribution in [0.4, 0.5) is 0 Å². The summed E-state index contributed by atoms with van der Waals surface area (Å²) >= 11 is 0. The zero-order valence-electron chi connectivity index (χ0n) is 28.3. The number of carbonyl (C=O) groups excluding carboxylic acids is 2. The minimum atomic E-state index is -1.15. The first-order valence-corrected chi connectivity index (χ1v) is 17.7. The highest BCUT2D eigenvalue weighted by molar-refractivity contribution is 5.92. The molecule has 0 aliphatic carbocycles. The molecule has 2 heterocycles. The van der Waals surface area contributed by atoms with Gasteiger partial charge in [-0.05, 0) is 61.8 Å². The number of hydrogen-bond donors (Lipinski definition) is 5. The van der Waals surface area contributed by atoms with Gasteiger partial charge in [0, 0.05) is 53.5 Å². The van der Waals surface area contributed by atoms with Gasteiger partial charge in [-0.25, -0.2) is 4.79 Å². The van der Waals surface area contributed by atoms with Crippen molar-refractivity contribution in [3.63, 3.8) is 0 Å². The van der Waals surface area contributed by atoms with Crippen molar-refractivity contribution >= 4 is 39.6 Å². The van der Waals surface area contributed by atoms with Crippen LogP contribution in [0, 0.1) is 0 Å². The molecule has 2 unspecified atom stereocenters. The van der Waals surface area contributed by atoms with E-state index in [-0.39, 0.29) is 18.7 Å². The number of fused-ring (bicyclic) bond motifs is 2. The lowest BCUT2D eigenvalue weighted by atomic mass is 10.0. The van der Waals surface area contributed by atoms with Crippen molar-refractivity contribution in [1.29, 1.82) is 0 Å². The van der Waals surface area contributed by atoms with Crippen molar-refractivity contribution in [2.24, 2.45) is 0 Å². The van der Waals surface area contributed by atoms with Crippen molar-refractivity contribution < 1.29 is 19.5 Å². The summed E-state index contributed by atoms with van der Waals surface area (Å²) in [5, 5.41) is 17.6. The second-order valence-corrected chi connectivity index (χ2v) is 12.6. The first-order valence-electron chi connectivity index (χ1n) is 17.7. The van der Waals surface area contributed by atoms with E-state index < -0.39 is 24.0 Å². The molecule has 256 valence electrons. The molecule has 2 amide bonds. The van der Waals surface area contributed by atoms with Crippen LogP contribution < -0.4 is 10.6 Å². The number of aromatic nitrogens is 2. The normalized spacial score (nSPS) is 13.0. The summed E-state index contributed by atoms with van der Waals surface area (Å²) in [6.07, 6.45) is 25.4. The van der Waals surface area contributed by atoms with Gasteiger partial charge in [0.1, 0.15) is 12.1 Å². The molecule has 4 aromatic rings. The predicted molar refractivity (Wildman–Crippen MR) is 195 cm³/mol. The van der Waals surface area contributed by atoms with Gasteiger partial charge in [-0.2, -0.15) is 0 Å². The number of amides is 2. The summed E-state index contributed by atoms with van der Waals surface area (Å²) in [4.78, 5) is 45.4. The fourth-order valence-corrected chi connectivity index (χ4v) is 6.09. The quantitative estimate of drug-likeness (QED) is 0.0432. The van der Waals surface area contributed by atoms with E-state index in [1.807, 2.05) is 54.7 Å². The number of H-pyrrole nitrogens is 2. The summed E-state index contributed by atoms with van der Waals surface area (Å²) < 4.78 is 0. The third-order valence-electron chi connectivity index (χ3n) is 8.82. The number of hydrogen-bond acceptors (Lipinski definition) is 3. The van der Waals surface area contributed by atoms with Gasteiger partial charge in [-0.15, -0.1) is 0 Å². The van der Waals surface area contributed by atoms with E-state index >= 15 is 0 Å². The van der Waals surface area contributed by atoms with E-state index in [1.165, 1.54) is 25.7 Å². The molecule has 48 heavy (non-hydrogen) atoms. The number of para-hydroxylation sites is 2. The molecule has 2 aromatic carbocycles. The summed E-state index contributed by atoms with van der Waals surface area (Å²) in [5.41, 5.74) is 3.52. The Morgan fingerprint density at radius 3 is 1.83 bits per heavy atom. The van der Waals surface area contributed by atoms with Crippen molar-refractivity contribution in [3.8, 4) is 0 Å². The molecule has 0 aliphatic heterocycles. The zero-order valence-corrected chi connectivity index (χ0v) is 28.3. The predicted octanol–water partition coefficient (Wildman–Crippen LogP) is 8.30. The van der Waals surface area contributed by atoms with Gasteiger partial charge in [0.15, 0.2) is 0 Å². The van der Waals surface area contributed by atoms with Crippen LogP contribution >= 0.6 is 0 Å². The number of aliphatic carboxylic acids is 1. The molecule has 0 bridgehead atoms. The van der Waals surface area contributed by atoms with Crippen LogP contribution in [0.1, 0.15) is 95.1 Å². The maximum Gasteiger partial charge on any atom is 0.326 e. The number of benzene rings is 2. The van der Waals surface area contributed by atoms with Crippen molar-refractivity contribution in [2.45, 2.75) is 109 Å². The maximum atomic E-state index is 13.6. The lowest BCUT2D eigenvalue weighted by Crippen LogP contribution is -2.53. The Hall–Kier alpha value is -4.59. The smallest absolute Gasteiger partial charge is 0.326 e. The monoisotopic (exact) mass is 652 g/mol. The molecule has 5 N–H and O–H groups in total. The first-order chi connectivity index (χ1) is 23.5. The van der Waals surface area contributed by atoms with Gasteiger partial charge >= 0.3 is 5.97 Å². The molecule has 2 aromatic heterocycles. The Bertz CT molecular complexity index is 1650. The molecule has 0 saturated carbocycles. The molecule has 0 spiro atoms. The molecule has 0 aliphatic rings. The maximum absolute atomic E-state index is 13.6.